The van der Waals surface area contributed by atoms with Crippen LogP contribution < -0.4 is 0 Å². The standard InChI is InChI=1S/C14H10ClFO2/c15-13-4-2-1-3-11(13)12-8-10(16)6-5-9(12)7-14(17)18/h1-6,8H,7H2,(H,17,18). The molecule has 1 N–H and O–H groups in total. The van der Waals surface area contributed by atoms with Crippen LogP contribution in [0.25, 0.3) is 11.1 Å². The van der Waals surface area contributed by atoms with E-state index in [4.69, 9.17) is 16.7 Å². The minimum atomic E-state index is -0.963. The Morgan fingerprint density at radius 3 is 2.56 bits per heavy atom. The Morgan fingerprint density at radius 1 is 1.17 bits per heavy atom. The van der Waals surface area contributed by atoms with Gasteiger partial charge < -0.3 is 5.11 Å². The molecule has 2 nitrogen and oxygen atoms in total. The molecule has 0 aromatic heterocycles. The van der Waals surface area contributed by atoms with Gasteiger partial charge in [0.2, 0.25) is 0 Å². The predicted octanol–water partition coefficient (Wildman–Crippen LogP) is 3.77. The summed E-state index contributed by atoms with van der Waals surface area (Å²) in [6, 6.07) is 11.0. The number of carboxylic acids is 1. The van der Waals surface area contributed by atoms with Crippen LogP contribution in [0.15, 0.2) is 42.5 Å². The Balaban J connectivity index is 2.58. The fraction of sp³-hybridized carbons (Fsp3) is 0.0714. The number of halogens is 2. The van der Waals surface area contributed by atoms with Crippen molar-refractivity contribution >= 4 is 17.6 Å². The molecule has 0 radical (unpaired) electrons. The van der Waals surface area contributed by atoms with Crippen molar-refractivity contribution in [2.75, 3.05) is 0 Å². The molecule has 2 aromatic carbocycles. The maximum Gasteiger partial charge on any atom is 0.307 e. The van der Waals surface area contributed by atoms with Gasteiger partial charge in [0.15, 0.2) is 0 Å². The highest BCUT2D eigenvalue weighted by Gasteiger charge is 2.12. The second-order valence-corrected chi connectivity index (χ2v) is 4.26. The summed E-state index contributed by atoms with van der Waals surface area (Å²) in [6.45, 7) is 0. The van der Waals surface area contributed by atoms with Crippen LogP contribution in [0.5, 0.6) is 0 Å². The Kier molecular flexibility index (Phi) is 3.63. The van der Waals surface area contributed by atoms with Gasteiger partial charge in [-0.1, -0.05) is 35.9 Å². The van der Waals surface area contributed by atoms with Crippen molar-refractivity contribution in [1.82, 2.24) is 0 Å². The van der Waals surface area contributed by atoms with Gasteiger partial charge in [0.25, 0.3) is 0 Å². The zero-order valence-corrected chi connectivity index (χ0v) is 10.1. The minimum Gasteiger partial charge on any atom is -0.481 e. The van der Waals surface area contributed by atoms with Crippen LogP contribution in [0.2, 0.25) is 5.02 Å². The van der Waals surface area contributed by atoms with Crippen molar-refractivity contribution in [2.45, 2.75) is 6.42 Å². The predicted molar refractivity (Wildman–Crippen MR) is 68.2 cm³/mol. The molecule has 4 heteroatoms. The monoisotopic (exact) mass is 264 g/mol. The first-order chi connectivity index (χ1) is 8.58. The molecule has 0 heterocycles. The zero-order valence-electron chi connectivity index (χ0n) is 9.36. The van der Waals surface area contributed by atoms with Crippen molar-refractivity contribution in [3.05, 3.63) is 58.9 Å². The third kappa shape index (κ3) is 2.68. The van der Waals surface area contributed by atoms with Crippen LogP contribution in [-0.4, -0.2) is 11.1 Å². The summed E-state index contributed by atoms with van der Waals surface area (Å²) in [6.07, 6.45) is -0.166. The lowest BCUT2D eigenvalue weighted by atomic mass is 9.97. The highest BCUT2D eigenvalue weighted by atomic mass is 35.5. The first-order valence-corrected chi connectivity index (χ1v) is 5.71. The Bertz CT molecular complexity index is 596. The van der Waals surface area contributed by atoms with Gasteiger partial charge in [-0.2, -0.15) is 0 Å². The van der Waals surface area contributed by atoms with Crippen molar-refractivity contribution < 1.29 is 14.3 Å². The van der Waals surface area contributed by atoms with E-state index >= 15 is 0 Å². The minimum absolute atomic E-state index is 0.166. The number of carboxylic acid groups (broad SMARTS) is 1. The van der Waals surface area contributed by atoms with Crippen LogP contribution >= 0.6 is 11.6 Å². The third-order valence-corrected chi connectivity index (χ3v) is 2.91. The van der Waals surface area contributed by atoms with Gasteiger partial charge in [0.05, 0.1) is 6.42 Å². The zero-order chi connectivity index (χ0) is 13.1. The average Bonchev–Trinajstić information content (AvgIpc) is 2.32. The quantitative estimate of drug-likeness (QED) is 0.916. The van der Waals surface area contributed by atoms with Crippen molar-refractivity contribution in [3.8, 4) is 11.1 Å². The van der Waals surface area contributed by atoms with Crippen molar-refractivity contribution in [2.24, 2.45) is 0 Å². The fourth-order valence-corrected chi connectivity index (χ4v) is 2.03. The molecule has 0 aliphatic rings. The molecule has 0 atom stereocenters. The Hall–Kier alpha value is -1.87. The lowest BCUT2D eigenvalue weighted by Gasteiger charge is -2.10. The SMILES string of the molecule is O=C(O)Cc1ccc(F)cc1-c1ccccc1Cl. The summed E-state index contributed by atoms with van der Waals surface area (Å²) in [7, 11) is 0. The molecule has 2 rings (SSSR count). The summed E-state index contributed by atoms with van der Waals surface area (Å²) >= 11 is 6.05. The van der Waals surface area contributed by atoms with Crippen molar-refractivity contribution in [1.29, 1.82) is 0 Å². The fourth-order valence-electron chi connectivity index (χ4n) is 1.80. The second kappa shape index (κ2) is 5.19. The van der Waals surface area contributed by atoms with Gasteiger partial charge in [-0.05, 0) is 29.3 Å². The first-order valence-electron chi connectivity index (χ1n) is 5.33. The molecule has 0 aliphatic carbocycles. The molecule has 0 saturated heterocycles. The van der Waals surface area contributed by atoms with E-state index < -0.39 is 11.8 Å². The molecule has 0 unspecified atom stereocenters. The van der Waals surface area contributed by atoms with E-state index in [1.54, 1.807) is 24.3 Å². The van der Waals surface area contributed by atoms with Gasteiger partial charge in [0, 0.05) is 10.6 Å². The van der Waals surface area contributed by atoms with E-state index in [-0.39, 0.29) is 6.42 Å². The number of rotatable bonds is 3. The summed E-state index contributed by atoms with van der Waals surface area (Å²) in [4.78, 5) is 10.8. The molecule has 0 amide bonds. The van der Waals surface area contributed by atoms with E-state index in [0.717, 1.165) is 0 Å². The summed E-state index contributed by atoms with van der Waals surface area (Å²) in [5.41, 5.74) is 1.69. The molecular formula is C14H10ClFO2. The smallest absolute Gasteiger partial charge is 0.307 e. The summed E-state index contributed by atoms with van der Waals surface area (Å²) in [5.74, 6) is -1.38. The van der Waals surface area contributed by atoms with E-state index in [1.807, 2.05) is 0 Å². The number of benzene rings is 2. The molecular weight excluding hydrogens is 255 g/mol. The van der Waals surface area contributed by atoms with Gasteiger partial charge in [-0.3, -0.25) is 4.79 Å². The lowest BCUT2D eigenvalue weighted by molar-refractivity contribution is -0.136. The van der Waals surface area contributed by atoms with Gasteiger partial charge >= 0.3 is 5.97 Å². The highest BCUT2D eigenvalue weighted by Crippen LogP contribution is 2.31. The summed E-state index contributed by atoms with van der Waals surface area (Å²) < 4.78 is 13.3. The highest BCUT2D eigenvalue weighted by molar-refractivity contribution is 6.33. The molecule has 92 valence electrons. The van der Waals surface area contributed by atoms with Gasteiger partial charge in [0.1, 0.15) is 5.82 Å². The van der Waals surface area contributed by atoms with Crippen LogP contribution in [-0.2, 0) is 11.2 Å². The molecule has 0 aliphatic heterocycles. The maximum absolute atomic E-state index is 13.3. The van der Waals surface area contributed by atoms with Gasteiger partial charge in [-0.15, -0.1) is 0 Å². The topological polar surface area (TPSA) is 37.3 Å². The summed E-state index contributed by atoms with van der Waals surface area (Å²) in [5, 5.41) is 9.32. The Labute approximate surface area is 109 Å². The molecule has 0 bridgehead atoms. The molecule has 18 heavy (non-hydrogen) atoms. The van der Waals surface area contributed by atoms with Crippen LogP contribution in [0.3, 0.4) is 0 Å². The van der Waals surface area contributed by atoms with E-state index in [0.29, 0.717) is 21.7 Å². The van der Waals surface area contributed by atoms with Crippen LogP contribution in [0.4, 0.5) is 4.39 Å². The van der Waals surface area contributed by atoms with E-state index in [2.05, 4.69) is 0 Å². The van der Waals surface area contributed by atoms with E-state index in [1.165, 1.54) is 18.2 Å². The Morgan fingerprint density at radius 2 is 1.89 bits per heavy atom. The molecule has 0 spiro atoms. The van der Waals surface area contributed by atoms with Crippen LogP contribution in [0.1, 0.15) is 5.56 Å². The molecule has 2 aromatic rings. The lowest BCUT2D eigenvalue weighted by Crippen LogP contribution is -2.02. The number of carbonyl (C=O) groups is 1. The number of hydrogen-bond acceptors (Lipinski definition) is 1. The van der Waals surface area contributed by atoms with E-state index in [9.17, 15) is 9.18 Å². The number of hydrogen-bond donors (Lipinski definition) is 1. The van der Waals surface area contributed by atoms with Crippen LogP contribution in [0, 0.1) is 5.82 Å². The number of aliphatic carboxylic acids is 1. The average molecular weight is 265 g/mol. The normalized spacial score (nSPS) is 10.3. The van der Waals surface area contributed by atoms with Crippen molar-refractivity contribution in [3.63, 3.8) is 0 Å². The largest absolute Gasteiger partial charge is 0.481 e. The third-order valence-electron chi connectivity index (χ3n) is 2.58. The maximum atomic E-state index is 13.3. The molecule has 0 saturated carbocycles. The second-order valence-electron chi connectivity index (χ2n) is 3.85. The van der Waals surface area contributed by atoms with Gasteiger partial charge in [-0.25, -0.2) is 4.39 Å². The first kappa shape index (κ1) is 12.6. The molecule has 0 fully saturated rings.